The third kappa shape index (κ3) is 2.50. The van der Waals surface area contributed by atoms with Crippen LogP contribution < -0.4 is 5.73 Å². The fraction of sp³-hybridized carbons (Fsp3) is 0.0714. The van der Waals surface area contributed by atoms with E-state index in [0.717, 1.165) is 5.56 Å². The predicted molar refractivity (Wildman–Crippen MR) is 75.5 cm³/mol. The molecule has 0 radical (unpaired) electrons. The lowest BCUT2D eigenvalue weighted by molar-refractivity contribution is 0.103. The summed E-state index contributed by atoms with van der Waals surface area (Å²) in [4.78, 5) is 12.3. The molecule has 0 bridgehead atoms. The molecule has 18 heavy (non-hydrogen) atoms. The van der Waals surface area contributed by atoms with Crippen molar-refractivity contribution in [3.8, 4) is 0 Å². The number of anilines is 1. The Labute approximate surface area is 115 Å². The molecule has 0 atom stereocenters. The predicted octanol–water partition coefficient (Wildman–Crippen LogP) is 4.12. The van der Waals surface area contributed by atoms with Gasteiger partial charge < -0.3 is 5.73 Å². The zero-order valence-electron chi connectivity index (χ0n) is 9.71. The third-order valence-electron chi connectivity index (χ3n) is 2.66. The molecule has 0 aliphatic carbocycles. The van der Waals surface area contributed by atoms with Gasteiger partial charge in [0.05, 0.1) is 5.02 Å². The highest BCUT2D eigenvalue weighted by atomic mass is 35.5. The van der Waals surface area contributed by atoms with Crippen LogP contribution in [0.3, 0.4) is 0 Å². The smallest absolute Gasteiger partial charge is 0.194 e. The molecule has 2 rings (SSSR count). The zero-order valence-corrected chi connectivity index (χ0v) is 11.2. The molecule has 4 heteroatoms. The highest BCUT2D eigenvalue weighted by molar-refractivity contribution is 6.35. The highest BCUT2D eigenvalue weighted by Crippen LogP contribution is 2.24. The SMILES string of the molecule is Cc1cc(C(=O)c2ccc(N)cc2Cl)ccc1Cl. The topological polar surface area (TPSA) is 43.1 Å². The molecule has 2 aromatic rings. The van der Waals surface area contributed by atoms with Gasteiger partial charge in [0.15, 0.2) is 5.78 Å². The van der Waals surface area contributed by atoms with Crippen LogP contribution in [0.2, 0.25) is 10.0 Å². The minimum atomic E-state index is -0.139. The second-order valence-electron chi connectivity index (χ2n) is 4.03. The minimum Gasteiger partial charge on any atom is -0.399 e. The van der Waals surface area contributed by atoms with E-state index < -0.39 is 0 Å². The summed E-state index contributed by atoms with van der Waals surface area (Å²) in [5.41, 5.74) is 7.98. The molecule has 0 unspecified atom stereocenters. The van der Waals surface area contributed by atoms with E-state index in [-0.39, 0.29) is 5.78 Å². The van der Waals surface area contributed by atoms with Gasteiger partial charge in [0, 0.05) is 21.8 Å². The van der Waals surface area contributed by atoms with E-state index >= 15 is 0 Å². The van der Waals surface area contributed by atoms with Crippen molar-refractivity contribution in [3.05, 3.63) is 63.1 Å². The van der Waals surface area contributed by atoms with Gasteiger partial charge >= 0.3 is 0 Å². The van der Waals surface area contributed by atoms with E-state index in [1.807, 2.05) is 6.92 Å². The van der Waals surface area contributed by atoms with E-state index in [1.165, 1.54) is 0 Å². The van der Waals surface area contributed by atoms with Gasteiger partial charge in [0.25, 0.3) is 0 Å². The van der Waals surface area contributed by atoms with Gasteiger partial charge in [-0.1, -0.05) is 23.2 Å². The van der Waals surface area contributed by atoms with Crippen molar-refractivity contribution in [2.45, 2.75) is 6.92 Å². The Kier molecular flexibility index (Phi) is 3.60. The first-order valence-electron chi connectivity index (χ1n) is 5.35. The maximum absolute atomic E-state index is 12.3. The van der Waals surface area contributed by atoms with Crippen LogP contribution in [0.15, 0.2) is 36.4 Å². The molecule has 0 fully saturated rings. The molecule has 0 aromatic heterocycles. The summed E-state index contributed by atoms with van der Waals surface area (Å²) in [7, 11) is 0. The van der Waals surface area contributed by atoms with Crippen LogP contribution in [0.4, 0.5) is 5.69 Å². The number of halogens is 2. The average molecular weight is 280 g/mol. The average Bonchev–Trinajstić information content (AvgIpc) is 2.32. The summed E-state index contributed by atoms with van der Waals surface area (Å²) in [5, 5.41) is 0.988. The van der Waals surface area contributed by atoms with Gasteiger partial charge in [0.2, 0.25) is 0 Å². The molecular weight excluding hydrogens is 269 g/mol. The van der Waals surface area contributed by atoms with Crippen molar-refractivity contribution in [2.75, 3.05) is 5.73 Å². The molecule has 0 saturated heterocycles. The number of ketones is 1. The summed E-state index contributed by atoms with van der Waals surface area (Å²) in [5.74, 6) is -0.139. The lowest BCUT2D eigenvalue weighted by Crippen LogP contribution is -2.03. The molecule has 0 spiro atoms. The Morgan fingerprint density at radius 1 is 1.06 bits per heavy atom. The van der Waals surface area contributed by atoms with Crippen LogP contribution in [0, 0.1) is 6.92 Å². The van der Waals surface area contributed by atoms with Crippen molar-refractivity contribution in [1.82, 2.24) is 0 Å². The summed E-state index contributed by atoms with van der Waals surface area (Å²) >= 11 is 11.9. The standard InChI is InChI=1S/C14H11Cl2NO/c1-8-6-9(2-5-12(8)15)14(18)11-4-3-10(17)7-13(11)16/h2-7H,17H2,1H3. The fourth-order valence-electron chi connectivity index (χ4n) is 1.66. The van der Waals surface area contributed by atoms with Crippen LogP contribution in [-0.4, -0.2) is 5.78 Å². The molecule has 0 amide bonds. The molecule has 2 nitrogen and oxygen atoms in total. The van der Waals surface area contributed by atoms with Crippen molar-refractivity contribution in [3.63, 3.8) is 0 Å². The molecule has 0 aliphatic rings. The van der Waals surface area contributed by atoms with Crippen LogP contribution in [-0.2, 0) is 0 Å². The van der Waals surface area contributed by atoms with Gasteiger partial charge in [-0.05, 0) is 48.9 Å². The van der Waals surface area contributed by atoms with Gasteiger partial charge in [-0.15, -0.1) is 0 Å². The van der Waals surface area contributed by atoms with E-state index in [4.69, 9.17) is 28.9 Å². The molecule has 2 aromatic carbocycles. The van der Waals surface area contributed by atoms with E-state index in [0.29, 0.717) is 26.9 Å². The van der Waals surface area contributed by atoms with Crippen LogP contribution >= 0.6 is 23.2 Å². The molecular formula is C14H11Cl2NO. The lowest BCUT2D eigenvalue weighted by atomic mass is 10.0. The molecule has 0 saturated carbocycles. The first-order chi connectivity index (χ1) is 8.49. The second kappa shape index (κ2) is 5.01. The number of nitrogens with two attached hydrogens (primary N) is 1. The van der Waals surface area contributed by atoms with E-state index in [1.54, 1.807) is 36.4 Å². The number of carbonyl (C=O) groups excluding carboxylic acids is 1. The van der Waals surface area contributed by atoms with Gasteiger partial charge in [-0.2, -0.15) is 0 Å². The highest BCUT2D eigenvalue weighted by Gasteiger charge is 2.13. The Bertz CT molecular complexity index is 623. The maximum atomic E-state index is 12.3. The minimum absolute atomic E-state index is 0.139. The van der Waals surface area contributed by atoms with Gasteiger partial charge in [0.1, 0.15) is 0 Å². The first-order valence-corrected chi connectivity index (χ1v) is 6.10. The summed E-state index contributed by atoms with van der Waals surface area (Å²) in [6, 6.07) is 9.99. The van der Waals surface area contributed by atoms with Crippen LogP contribution in [0.5, 0.6) is 0 Å². The maximum Gasteiger partial charge on any atom is 0.194 e. The zero-order chi connectivity index (χ0) is 13.3. The van der Waals surface area contributed by atoms with E-state index in [9.17, 15) is 4.79 Å². The lowest BCUT2D eigenvalue weighted by Gasteiger charge is -2.06. The van der Waals surface area contributed by atoms with Crippen molar-refractivity contribution >= 4 is 34.7 Å². The Morgan fingerprint density at radius 2 is 1.78 bits per heavy atom. The Morgan fingerprint density at radius 3 is 2.39 bits per heavy atom. The van der Waals surface area contributed by atoms with E-state index in [2.05, 4.69) is 0 Å². The normalized spacial score (nSPS) is 10.4. The molecule has 2 N–H and O–H groups in total. The quantitative estimate of drug-likeness (QED) is 0.664. The molecule has 92 valence electrons. The fourth-order valence-corrected chi connectivity index (χ4v) is 2.05. The van der Waals surface area contributed by atoms with Gasteiger partial charge in [-0.25, -0.2) is 0 Å². The number of aryl methyl sites for hydroxylation is 1. The van der Waals surface area contributed by atoms with Crippen LogP contribution in [0.1, 0.15) is 21.5 Å². The Balaban J connectivity index is 2.44. The molecule has 0 heterocycles. The van der Waals surface area contributed by atoms with Crippen molar-refractivity contribution in [2.24, 2.45) is 0 Å². The summed E-state index contributed by atoms with van der Waals surface area (Å²) in [6.45, 7) is 1.85. The van der Waals surface area contributed by atoms with Crippen molar-refractivity contribution in [1.29, 1.82) is 0 Å². The summed E-state index contributed by atoms with van der Waals surface area (Å²) < 4.78 is 0. The van der Waals surface area contributed by atoms with Crippen molar-refractivity contribution < 1.29 is 4.79 Å². The number of hydrogen-bond acceptors (Lipinski definition) is 2. The second-order valence-corrected chi connectivity index (χ2v) is 4.85. The van der Waals surface area contributed by atoms with Gasteiger partial charge in [-0.3, -0.25) is 4.79 Å². The monoisotopic (exact) mass is 279 g/mol. The summed E-state index contributed by atoms with van der Waals surface area (Å²) in [6.07, 6.45) is 0. The molecule has 0 aliphatic heterocycles. The number of hydrogen-bond donors (Lipinski definition) is 1. The number of rotatable bonds is 2. The first kappa shape index (κ1) is 12.9. The third-order valence-corrected chi connectivity index (χ3v) is 3.39. The number of carbonyl (C=O) groups is 1. The number of benzene rings is 2. The largest absolute Gasteiger partial charge is 0.399 e. The number of nitrogen functional groups attached to an aromatic ring is 1. The van der Waals surface area contributed by atoms with Crippen LogP contribution in [0.25, 0.3) is 0 Å². The Hall–Kier alpha value is -1.51.